The van der Waals surface area contributed by atoms with Gasteiger partial charge in [-0.1, -0.05) is 52.4 Å². The summed E-state index contributed by atoms with van der Waals surface area (Å²) in [4.78, 5) is 9.70. The highest BCUT2D eigenvalue weighted by Crippen LogP contribution is 2.28. The summed E-state index contributed by atoms with van der Waals surface area (Å²) in [5.41, 5.74) is 0. The van der Waals surface area contributed by atoms with Gasteiger partial charge in [-0.3, -0.25) is 4.99 Å². The molecule has 1 saturated carbocycles. The van der Waals surface area contributed by atoms with Gasteiger partial charge in [0.15, 0.2) is 5.11 Å². The molecule has 2 heterocycles. The molecule has 0 aromatic carbocycles. The van der Waals surface area contributed by atoms with E-state index in [4.69, 9.17) is 17.2 Å². The summed E-state index contributed by atoms with van der Waals surface area (Å²) in [5, 5.41) is 4.81. The number of rotatable bonds is 12. The molecule has 166 valence electrons. The summed E-state index contributed by atoms with van der Waals surface area (Å²) in [6.45, 7) is 11.3. The molecule has 1 N–H and O–H groups in total. The summed E-state index contributed by atoms with van der Waals surface area (Å²) in [5.74, 6) is 3.00. The Balaban J connectivity index is 1.26. The second-order valence-electron chi connectivity index (χ2n) is 10.1. The summed E-state index contributed by atoms with van der Waals surface area (Å²) in [6.07, 6.45) is 14.5. The Morgan fingerprint density at radius 1 is 1.10 bits per heavy atom. The van der Waals surface area contributed by atoms with Gasteiger partial charge in [0, 0.05) is 38.1 Å². The fourth-order valence-electron chi connectivity index (χ4n) is 5.22. The van der Waals surface area contributed by atoms with Crippen LogP contribution in [0.5, 0.6) is 0 Å². The molecule has 0 radical (unpaired) electrons. The number of aliphatic imine (C=N–C) groups is 1. The van der Waals surface area contributed by atoms with Crippen molar-refractivity contribution in [1.29, 1.82) is 0 Å². The number of nitrogens with one attached hydrogen (secondary N) is 1. The van der Waals surface area contributed by atoms with E-state index in [1.165, 1.54) is 76.5 Å². The molecular formula is C24H44N4S. The normalized spacial score (nSPS) is 25.4. The lowest BCUT2D eigenvalue weighted by Gasteiger charge is -2.24. The molecule has 0 spiro atoms. The Hall–Kier alpha value is -0.840. The molecule has 0 unspecified atom stereocenters. The third kappa shape index (κ3) is 7.11. The van der Waals surface area contributed by atoms with Crippen molar-refractivity contribution in [3.8, 4) is 0 Å². The Kier molecular flexibility index (Phi) is 9.08. The van der Waals surface area contributed by atoms with E-state index in [0.717, 1.165) is 43.1 Å². The summed E-state index contributed by atoms with van der Waals surface area (Å²) in [7, 11) is 0. The van der Waals surface area contributed by atoms with Crippen molar-refractivity contribution in [2.45, 2.75) is 103 Å². The Labute approximate surface area is 184 Å². The predicted octanol–water partition coefficient (Wildman–Crippen LogP) is 5.22. The number of hydrogen-bond donors (Lipinski definition) is 1. The average molecular weight is 421 g/mol. The SMILES string of the molecule is CC(C)CCCCN1C(=S)N(CCCC[C@H]2CN=C(CC3CCCC3)N2)C[C@H]1C. The van der Waals surface area contributed by atoms with Gasteiger partial charge in [0.2, 0.25) is 0 Å². The van der Waals surface area contributed by atoms with Gasteiger partial charge < -0.3 is 15.1 Å². The average Bonchev–Trinajstić information content (AvgIpc) is 3.40. The molecule has 1 saturated heterocycles. The molecule has 29 heavy (non-hydrogen) atoms. The number of unbranched alkanes of at least 4 members (excludes halogenated alkanes) is 2. The molecule has 3 aliphatic rings. The quantitative estimate of drug-likeness (QED) is 0.346. The van der Waals surface area contributed by atoms with Crippen molar-refractivity contribution in [3.63, 3.8) is 0 Å². The Morgan fingerprint density at radius 3 is 2.62 bits per heavy atom. The van der Waals surface area contributed by atoms with Crippen molar-refractivity contribution in [1.82, 2.24) is 15.1 Å². The highest BCUT2D eigenvalue weighted by molar-refractivity contribution is 7.80. The number of nitrogens with zero attached hydrogens (tertiary/aromatic N) is 3. The van der Waals surface area contributed by atoms with Crippen LogP contribution in [0.1, 0.15) is 91.4 Å². The molecule has 0 aromatic heterocycles. The maximum atomic E-state index is 5.80. The summed E-state index contributed by atoms with van der Waals surface area (Å²) < 4.78 is 0. The third-order valence-electron chi connectivity index (χ3n) is 7.02. The van der Waals surface area contributed by atoms with Gasteiger partial charge >= 0.3 is 0 Å². The fraction of sp³-hybridized carbons (Fsp3) is 0.917. The van der Waals surface area contributed by atoms with E-state index in [-0.39, 0.29) is 0 Å². The first kappa shape index (κ1) is 22.8. The smallest absolute Gasteiger partial charge is 0.171 e. The Morgan fingerprint density at radius 2 is 1.86 bits per heavy atom. The van der Waals surface area contributed by atoms with Crippen LogP contribution in [0, 0.1) is 11.8 Å². The van der Waals surface area contributed by atoms with Crippen LogP contribution in [0.4, 0.5) is 0 Å². The lowest BCUT2D eigenvalue weighted by Crippen LogP contribution is -2.35. The van der Waals surface area contributed by atoms with E-state index in [1.54, 1.807) is 0 Å². The van der Waals surface area contributed by atoms with E-state index in [0.29, 0.717) is 12.1 Å². The number of hydrogen-bond acceptors (Lipinski definition) is 3. The highest BCUT2D eigenvalue weighted by atomic mass is 32.1. The zero-order valence-corrected chi connectivity index (χ0v) is 20.0. The van der Waals surface area contributed by atoms with E-state index >= 15 is 0 Å². The lowest BCUT2D eigenvalue weighted by atomic mass is 10.0. The number of thiocarbonyl (C=S) groups is 1. The first-order valence-electron chi connectivity index (χ1n) is 12.4. The molecular weight excluding hydrogens is 376 g/mol. The summed E-state index contributed by atoms with van der Waals surface area (Å²) >= 11 is 5.80. The minimum absolute atomic E-state index is 0.574. The van der Waals surface area contributed by atoms with Gasteiger partial charge in [0.05, 0.1) is 12.4 Å². The molecule has 0 aromatic rings. The lowest BCUT2D eigenvalue weighted by molar-refractivity contribution is 0.349. The molecule has 2 aliphatic heterocycles. The zero-order valence-electron chi connectivity index (χ0n) is 19.2. The standard InChI is InChI=1S/C24H44N4S/c1-19(2)10-6-9-15-28-20(3)18-27(24(28)29)14-8-7-13-22-17-25-23(26-22)16-21-11-4-5-12-21/h19-22H,4-18H2,1-3H3,(H,25,26)/t20-,22+/m1/s1. The molecule has 1 aliphatic carbocycles. The minimum atomic E-state index is 0.574. The molecule has 0 amide bonds. The molecule has 4 nitrogen and oxygen atoms in total. The molecule has 2 fully saturated rings. The first-order valence-corrected chi connectivity index (χ1v) is 12.8. The number of amidine groups is 1. The van der Waals surface area contributed by atoms with Crippen LogP contribution in [-0.4, -0.2) is 59.0 Å². The maximum Gasteiger partial charge on any atom is 0.171 e. The van der Waals surface area contributed by atoms with Crippen LogP contribution in [0.3, 0.4) is 0 Å². The zero-order chi connectivity index (χ0) is 20.6. The van der Waals surface area contributed by atoms with Crippen molar-refractivity contribution in [2.24, 2.45) is 16.8 Å². The van der Waals surface area contributed by atoms with Gasteiger partial charge in [-0.05, 0) is 56.7 Å². The predicted molar refractivity (Wildman–Crippen MR) is 129 cm³/mol. The van der Waals surface area contributed by atoms with Crippen molar-refractivity contribution < 1.29 is 0 Å². The van der Waals surface area contributed by atoms with Crippen LogP contribution < -0.4 is 5.32 Å². The second kappa shape index (κ2) is 11.5. The Bertz CT molecular complexity index is 541. The molecule has 3 rings (SSSR count). The fourth-order valence-corrected chi connectivity index (χ4v) is 5.66. The van der Waals surface area contributed by atoms with Crippen molar-refractivity contribution in [3.05, 3.63) is 0 Å². The maximum absolute atomic E-state index is 5.80. The van der Waals surface area contributed by atoms with Crippen LogP contribution in [-0.2, 0) is 0 Å². The van der Waals surface area contributed by atoms with Crippen molar-refractivity contribution in [2.75, 3.05) is 26.2 Å². The monoisotopic (exact) mass is 420 g/mol. The third-order valence-corrected chi connectivity index (χ3v) is 7.52. The minimum Gasteiger partial charge on any atom is -0.369 e. The van der Waals surface area contributed by atoms with Crippen LogP contribution in [0.15, 0.2) is 4.99 Å². The van der Waals surface area contributed by atoms with E-state index in [1.807, 2.05) is 0 Å². The van der Waals surface area contributed by atoms with Crippen molar-refractivity contribution >= 4 is 23.2 Å². The molecule has 5 heteroatoms. The topological polar surface area (TPSA) is 30.9 Å². The van der Waals surface area contributed by atoms with Crippen LogP contribution in [0.25, 0.3) is 0 Å². The van der Waals surface area contributed by atoms with Gasteiger partial charge in [0.25, 0.3) is 0 Å². The second-order valence-corrected chi connectivity index (χ2v) is 10.5. The van der Waals surface area contributed by atoms with E-state index < -0.39 is 0 Å². The summed E-state index contributed by atoms with van der Waals surface area (Å²) in [6, 6.07) is 1.15. The molecule has 2 atom stereocenters. The van der Waals surface area contributed by atoms with Crippen LogP contribution in [0.2, 0.25) is 0 Å². The van der Waals surface area contributed by atoms with Gasteiger partial charge in [0.1, 0.15) is 0 Å². The van der Waals surface area contributed by atoms with E-state index in [9.17, 15) is 0 Å². The van der Waals surface area contributed by atoms with Crippen LogP contribution >= 0.6 is 12.2 Å². The van der Waals surface area contributed by atoms with Gasteiger partial charge in [-0.25, -0.2) is 0 Å². The van der Waals surface area contributed by atoms with Gasteiger partial charge in [-0.15, -0.1) is 0 Å². The largest absolute Gasteiger partial charge is 0.369 e. The van der Waals surface area contributed by atoms with E-state index in [2.05, 4.69) is 35.9 Å². The molecule has 0 bridgehead atoms. The highest BCUT2D eigenvalue weighted by Gasteiger charge is 2.30. The van der Waals surface area contributed by atoms with Gasteiger partial charge in [-0.2, -0.15) is 0 Å². The first-order chi connectivity index (χ1) is 14.0.